The molecular weight excluding hydrogens is 254 g/mol. The van der Waals surface area contributed by atoms with Crippen molar-refractivity contribution >= 4 is 0 Å². The predicted octanol–water partition coefficient (Wildman–Crippen LogP) is 1.77. The number of aliphatic hydroxyl groups is 1. The van der Waals surface area contributed by atoms with E-state index in [1.165, 1.54) is 5.56 Å². The van der Waals surface area contributed by atoms with Crippen LogP contribution in [0.3, 0.4) is 0 Å². The molecule has 1 aromatic rings. The molecule has 0 amide bonds. The summed E-state index contributed by atoms with van der Waals surface area (Å²) in [5.41, 5.74) is 2.32. The molecule has 4 heteroatoms. The molecule has 0 radical (unpaired) electrons. The first kappa shape index (κ1) is 13.9. The number of aryl methyl sites for hydroxylation is 1. The molecule has 1 fully saturated rings. The molecule has 1 atom stereocenters. The van der Waals surface area contributed by atoms with Gasteiger partial charge in [0, 0.05) is 19.6 Å². The van der Waals surface area contributed by atoms with Crippen LogP contribution in [0.15, 0.2) is 18.2 Å². The van der Waals surface area contributed by atoms with Crippen LogP contribution in [0.2, 0.25) is 0 Å². The molecule has 2 aliphatic rings. The molecule has 1 heterocycles. The largest absolute Gasteiger partial charge is 0.492 e. The van der Waals surface area contributed by atoms with Crippen LogP contribution in [-0.2, 0) is 11.2 Å². The maximum Gasteiger partial charge on any atom is 0.119 e. The fourth-order valence-electron chi connectivity index (χ4n) is 2.97. The Kier molecular flexibility index (Phi) is 4.55. The van der Waals surface area contributed by atoms with Gasteiger partial charge in [-0.15, -0.1) is 0 Å². The number of morpholine rings is 1. The van der Waals surface area contributed by atoms with Crippen molar-refractivity contribution in [3.8, 4) is 5.75 Å². The number of hydrogen-bond donors (Lipinski definition) is 1. The third kappa shape index (κ3) is 3.32. The third-order valence-electron chi connectivity index (χ3n) is 4.18. The minimum atomic E-state index is -0.291. The van der Waals surface area contributed by atoms with Gasteiger partial charge in [-0.3, -0.25) is 4.90 Å². The fraction of sp³-hybridized carbons (Fsp3) is 0.625. The Morgan fingerprint density at radius 2 is 2.15 bits per heavy atom. The van der Waals surface area contributed by atoms with Gasteiger partial charge in [0.1, 0.15) is 12.4 Å². The van der Waals surface area contributed by atoms with E-state index in [0.29, 0.717) is 6.61 Å². The summed E-state index contributed by atoms with van der Waals surface area (Å²) in [6.45, 7) is 5.32. The molecule has 1 unspecified atom stereocenters. The van der Waals surface area contributed by atoms with Crippen LogP contribution in [0, 0.1) is 0 Å². The molecule has 110 valence electrons. The van der Waals surface area contributed by atoms with Crippen molar-refractivity contribution in [2.45, 2.75) is 25.4 Å². The van der Waals surface area contributed by atoms with Crippen molar-refractivity contribution in [3.63, 3.8) is 0 Å². The summed E-state index contributed by atoms with van der Waals surface area (Å²) in [6, 6.07) is 6.09. The van der Waals surface area contributed by atoms with Crippen molar-refractivity contribution in [1.82, 2.24) is 4.90 Å². The maximum absolute atomic E-state index is 9.94. The van der Waals surface area contributed by atoms with E-state index in [0.717, 1.165) is 63.4 Å². The highest BCUT2D eigenvalue weighted by Crippen LogP contribution is 2.31. The van der Waals surface area contributed by atoms with E-state index < -0.39 is 0 Å². The Morgan fingerprint density at radius 1 is 1.30 bits per heavy atom. The van der Waals surface area contributed by atoms with Gasteiger partial charge in [0.2, 0.25) is 0 Å². The van der Waals surface area contributed by atoms with Gasteiger partial charge in [0.05, 0.1) is 19.3 Å². The summed E-state index contributed by atoms with van der Waals surface area (Å²) < 4.78 is 11.2. The number of fused-ring (bicyclic) bond motifs is 1. The van der Waals surface area contributed by atoms with Crippen molar-refractivity contribution < 1.29 is 14.6 Å². The van der Waals surface area contributed by atoms with Gasteiger partial charge in [-0.05, 0) is 42.5 Å². The smallest absolute Gasteiger partial charge is 0.119 e. The second-order valence-electron chi connectivity index (χ2n) is 5.57. The number of benzene rings is 1. The van der Waals surface area contributed by atoms with E-state index in [2.05, 4.69) is 11.0 Å². The monoisotopic (exact) mass is 277 g/mol. The van der Waals surface area contributed by atoms with Gasteiger partial charge in [-0.25, -0.2) is 0 Å². The molecule has 0 saturated carbocycles. The number of ether oxygens (including phenoxy) is 2. The van der Waals surface area contributed by atoms with E-state index in [-0.39, 0.29) is 6.10 Å². The Balaban J connectivity index is 1.52. The molecule has 1 N–H and O–H groups in total. The first-order valence-electron chi connectivity index (χ1n) is 7.57. The predicted molar refractivity (Wildman–Crippen MR) is 77.1 cm³/mol. The number of hydrogen-bond acceptors (Lipinski definition) is 4. The van der Waals surface area contributed by atoms with Crippen molar-refractivity contribution in [3.05, 3.63) is 29.3 Å². The van der Waals surface area contributed by atoms with E-state index >= 15 is 0 Å². The molecular formula is C16H23NO3. The van der Waals surface area contributed by atoms with E-state index in [1.807, 2.05) is 12.1 Å². The molecule has 0 bridgehead atoms. The first-order valence-corrected chi connectivity index (χ1v) is 7.57. The number of nitrogens with zero attached hydrogens (tertiary/aromatic N) is 1. The minimum absolute atomic E-state index is 0.291. The van der Waals surface area contributed by atoms with Crippen LogP contribution in [0.4, 0.5) is 0 Å². The molecule has 0 aromatic heterocycles. The molecule has 1 aliphatic heterocycles. The van der Waals surface area contributed by atoms with Gasteiger partial charge in [-0.2, -0.15) is 0 Å². The Bertz CT molecular complexity index is 443. The quantitative estimate of drug-likeness (QED) is 0.911. The summed E-state index contributed by atoms with van der Waals surface area (Å²) in [5.74, 6) is 0.922. The van der Waals surface area contributed by atoms with Crippen molar-refractivity contribution in [1.29, 1.82) is 0 Å². The van der Waals surface area contributed by atoms with Gasteiger partial charge < -0.3 is 14.6 Å². The Hall–Kier alpha value is -1.10. The second-order valence-corrected chi connectivity index (χ2v) is 5.57. The standard InChI is InChI=1S/C16H23NO3/c18-16-3-1-2-13-12-14(4-5-15(13)16)20-11-8-17-6-9-19-10-7-17/h4-5,12,16,18H,1-3,6-11H2. The van der Waals surface area contributed by atoms with Gasteiger partial charge in [0.25, 0.3) is 0 Å². The molecule has 3 rings (SSSR count). The van der Waals surface area contributed by atoms with Crippen LogP contribution in [0.5, 0.6) is 5.75 Å². The van der Waals surface area contributed by atoms with Gasteiger partial charge in [-0.1, -0.05) is 6.07 Å². The second kappa shape index (κ2) is 6.57. The Labute approximate surface area is 120 Å². The lowest BCUT2D eigenvalue weighted by atomic mass is 9.89. The lowest BCUT2D eigenvalue weighted by Crippen LogP contribution is -2.38. The van der Waals surface area contributed by atoms with Crippen molar-refractivity contribution in [2.75, 3.05) is 39.5 Å². The van der Waals surface area contributed by atoms with Crippen LogP contribution in [0.1, 0.15) is 30.1 Å². The third-order valence-corrected chi connectivity index (χ3v) is 4.18. The average Bonchev–Trinajstić information content (AvgIpc) is 2.48. The minimum Gasteiger partial charge on any atom is -0.492 e. The summed E-state index contributed by atoms with van der Waals surface area (Å²) in [4.78, 5) is 2.37. The lowest BCUT2D eigenvalue weighted by Gasteiger charge is -2.26. The molecule has 0 spiro atoms. The number of aliphatic hydroxyl groups excluding tert-OH is 1. The van der Waals surface area contributed by atoms with Gasteiger partial charge in [0.15, 0.2) is 0 Å². The van der Waals surface area contributed by atoms with E-state index in [4.69, 9.17) is 9.47 Å². The average molecular weight is 277 g/mol. The van der Waals surface area contributed by atoms with Gasteiger partial charge >= 0.3 is 0 Å². The zero-order chi connectivity index (χ0) is 13.8. The molecule has 4 nitrogen and oxygen atoms in total. The van der Waals surface area contributed by atoms with Crippen molar-refractivity contribution in [2.24, 2.45) is 0 Å². The summed E-state index contributed by atoms with van der Waals surface area (Å²) in [5, 5.41) is 9.94. The zero-order valence-electron chi connectivity index (χ0n) is 11.9. The maximum atomic E-state index is 9.94. The first-order chi connectivity index (χ1) is 9.83. The van der Waals surface area contributed by atoms with Crippen LogP contribution in [0.25, 0.3) is 0 Å². The summed E-state index contributed by atoms with van der Waals surface area (Å²) in [6.07, 6.45) is 2.70. The fourth-order valence-corrected chi connectivity index (χ4v) is 2.97. The lowest BCUT2D eigenvalue weighted by molar-refractivity contribution is 0.0322. The SMILES string of the molecule is OC1CCCc2cc(OCCN3CCOCC3)ccc21. The van der Waals surface area contributed by atoms with Crippen LogP contribution in [-0.4, -0.2) is 49.5 Å². The molecule has 1 aliphatic carbocycles. The number of rotatable bonds is 4. The normalized spacial score (nSPS) is 23.4. The van der Waals surface area contributed by atoms with E-state index in [1.54, 1.807) is 0 Å². The molecule has 1 saturated heterocycles. The summed E-state index contributed by atoms with van der Waals surface area (Å²) in [7, 11) is 0. The molecule has 20 heavy (non-hydrogen) atoms. The topological polar surface area (TPSA) is 41.9 Å². The van der Waals surface area contributed by atoms with Crippen LogP contribution < -0.4 is 4.74 Å². The van der Waals surface area contributed by atoms with Crippen LogP contribution >= 0.6 is 0 Å². The van der Waals surface area contributed by atoms with E-state index in [9.17, 15) is 5.11 Å². The zero-order valence-corrected chi connectivity index (χ0v) is 11.9. The highest BCUT2D eigenvalue weighted by molar-refractivity contribution is 5.38. The Morgan fingerprint density at radius 3 is 3.00 bits per heavy atom. The summed E-state index contributed by atoms with van der Waals surface area (Å²) >= 11 is 0. The highest BCUT2D eigenvalue weighted by Gasteiger charge is 2.18. The molecule has 1 aromatic carbocycles. The highest BCUT2D eigenvalue weighted by atomic mass is 16.5.